The number of pyridine rings is 1. The van der Waals surface area contributed by atoms with Gasteiger partial charge in [-0.25, -0.2) is 14.5 Å². The van der Waals surface area contributed by atoms with Crippen molar-refractivity contribution in [2.75, 3.05) is 11.1 Å². The van der Waals surface area contributed by atoms with Crippen molar-refractivity contribution < 1.29 is 4.79 Å². The van der Waals surface area contributed by atoms with Crippen LogP contribution in [0.15, 0.2) is 70.7 Å². The number of halogens is 2. The van der Waals surface area contributed by atoms with Gasteiger partial charge in [-0.2, -0.15) is 0 Å². The number of rotatable bonds is 5. The van der Waals surface area contributed by atoms with Crippen LogP contribution < -0.4 is 10.9 Å². The molecule has 0 spiro atoms. The zero-order valence-electron chi connectivity index (χ0n) is 16.3. The van der Waals surface area contributed by atoms with E-state index in [2.05, 4.69) is 15.3 Å². The fourth-order valence-electron chi connectivity index (χ4n) is 2.96. The molecular weight excluding hydrogens is 455 g/mol. The predicted octanol–water partition coefficient (Wildman–Crippen LogP) is 5.13. The standard InChI is InChI=1S/C22H16Cl2N4O2S/c1-13-8-9-25-19(10-13)28-21(30)15-4-2-3-5-17(15)27-22(28)31-12-20(29)26-18-11-14(23)6-7-16(18)24/h2-11H,12H2,1H3,(H,26,29). The number of amides is 1. The normalized spacial score (nSPS) is 10.9. The van der Waals surface area contributed by atoms with Gasteiger partial charge in [0.1, 0.15) is 5.82 Å². The van der Waals surface area contributed by atoms with Gasteiger partial charge in [0, 0.05) is 11.2 Å². The summed E-state index contributed by atoms with van der Waals surface area (Å²) >= 11 is 13.2. The van der Waals surface area contributed by atoms with Crippen molar-refractivity contribution in [2.24, 2.45) is 0 Å². The first kappa shape index (κ1) is 21.4. The van der Waals surface area contributed by atoms with Crippen molar-refractivity contribution in [1.29, 1.82) is 0 Å². The van der Waals surface area contributed by atoms with E-state index in [0.717, 1.165) is 17.3 Å². The van der Waals surface area contributed by atoms with E-state index in [1.54, 1.807) is 48.7 Å². The highest BCUT2D eigenvalue weighted by Crippen LogP contribution is 2.26. The second-order valence-corrected chi connectivity index (χ2v) is 8.49. The van der Waals surface area contributed by atoms with Gasteiger partial charge in [-0.3, -0.25) is 9.59 Å². The highest BCUT2D eigenvalue weighted by Gasteiger charge is 2.16. The average Bonchev–Trinajstić information content (AvgIpc) is 2.75. The molecule has 2 heterocycles. The van der Waals surface area contributed by atoms with Crippen LogP contribution in [0.5, 0.6) is 0 Å². The molecule has 0 aliphatic carbocycles. The summed E-state index contributed by atoms with van der Waals surface area (Å²) in [6.45, 7) is 1.92. The van der Waals surface area contributed by atoms with Gasteiger partial charge in [0.15, 0.2) is 5.16 Å². The molecule has 0 saturated heterocycles. The number of aromatic nitrogens is 3. The van der Waals surface area contributed by atoms with Crippen molar-refractivity contribution in [3.05, 3.63) is 86.8 Å². The Bertz CT molecular complexity index is 1360. The summed E-state index contributed by atoms with van der Waals surface area (Å²) in [5.41, 5.74) is 1.68. The molecule has 9 heteroatoms. The van der Waals surface area contributed by atoms with Gasteiger partial charge in [0.05, 0.1) is 27.4 Å². The minimum Gasteiger partial charge on any atom is -0.324 e. The Morgan fingerprint density at radius 2 is 1.94 bits per heavy atom. The number of hydrogen-bond acceptors (Lipinski definition) is 5. The number of fused-ring (bicyclic) bond motifs is 1. The van der Waals surface area contributed by atoms with E-state index in [9.17, 15) is 9.59 Å². The lowest BCUT2D eigenvalue weighted by atomic mass is 10.2. The molecule has 6 nitrogen and oxygen atoms in total. The van der Waals surface area contributed by atoms with E-state index in [4.69, 9.17) is 23.2 Å². The average molecular weight is 471 g/mol. The van der Waals surface area contributed by atoms with Crippen LogP contribution in [0.1, 0.15) is 5.56 Å². The fourth-order valence-corrected chi connectivity index (χ4v) is 4.10. The smallest absolute Gasteiger partial charge is 0.267 e. The molecular formula is C22H16Cl2N4O2S. The molecule has 156 valence electrons. The molecule has 0 unspecified atom stereocenters. The maximum atomic E-state index is 13.2. The zero-order valence-corrected chi connectivity index (χ0v) is 18.6. The van der Waals surface area contributed by atoms with Crippen LogP contribution in [0.2, 0.25) is 10.0 Å². The topological polar surface area (TPSA) is 76.9 Å². The lowest BCUT2D eigenvalue weighted by molar-refractivity contribution is -0.113. The van der Waals surface area contributed by atoms with Crippen LogP contribution in [-0.2, 0) is 4.79 Å². The Morgan fingerprint density at radius 3 is 2.74 bits per heavy atom. The Morgan fingerprint density at radius 1 is 1.13 bits per heavy atom. The minimum atomic E-state index is -0.305. The van der Waals surface area contributed by atoms with Crippen LogP contribution >= 0.6 is 35.0 Å². The number of thioether (sulfide) groups is 1. The predicted molar refractivity (Wildman–Crippen MR) is 126 cm³/mol. The molecule has 0 aliphatic heterocycles. The maximum Gasteiger partial charge on any atom is 0.267 e. The lowest BCUT2D eigenvalue weighted by Crippen LogP contribution is -2.23. The van der Waals surface area contributed by atoms with E-state index in [-0.39, 0.29) is 17.2 Å². The van der Waals surface area contributed by atoms with Crippen LogP contribution in [0, 0.1) is 6.92 Å². The van der Waals surface area contributed by atoms with Gasteiger partial charge < -0.3 is 5.32 Å². The third kappa shape index (κ3) is 4.74. The summed E-state index contributed by atoms with van der Waals surface area (Å²) in [5.74, 6) is 0.156. The van der Waals surface area contributed by atoms with Crippen LogP contribution in [-0.4, -0.2) is 26.2 Å². The molecule has 2 aromatic heterocycles. The SMILES string of the molecule is Cc1ccnc(-n2c(SCC(=O)Nc3cc(Cl)ccc3Cl)nc3ccccc3c2=O)c1. The van der Waals surface area contributed by atoms with Gasteiger partial charge in [-0.1, -0.05) is 47.1 Å². The van der Waals surface area contributed by atoms with Crippen LogP contribution in [0.4, 0.5) is 5.69 Å². The first-order valence-electron chi connectivity index (χ1n) is 9.25. The Balaban J connectivity index is 1.68. The van der Waals surface area contributed by atoms with E-state index >= 15 is 0 Å². The monoisotopic (exact) mass is 470 g/mol. The van der Waals surface area contributed by atoms with Crippen LogP contribution in [0.3, 0.4) is 0 Å². The molecule has 0 saturated carbocycles. The van der Waals surface area contributed by atoms with Gasteiger partial charge in [0.2, 0.25) is 5.91 Å². The van der Waals surface area contributed by atoms with Gasteiger partial charge in [-0.15, -0.1) is 0 Å². The summed E-state index contributed by atoms with van der Waals surface area (Å²) in [6.07, 6.45) is 1.63. The molecule has 0 atom stereocenters. The highest BCUT2D eigenvalue weighted by atomic mass is 35.5. The molecule has 0 aliphatic rings. The number of aryl methyl sites for hydroxylation is 1. The van der Waals surface area contributed by atoms with Crippen molar-refractivity contribution in [3.63, 3.8) is 0 Å². The first-order valence-corrected chi connectivity index (χ1v) is 11.0. The number of nitrogens with zero attached hydrogens (tertiary/aromatic N) is 3. The number of carbonyl (C=O) groups is 1. The lowest BCUT2D eigenvalue weighted by Gasteiger charge is -2.13. The molecule has 4 rings (SSSR count). The fraction of sp³-hybridized carbons (Fsp3) is 0.0909. The van der Waals surface area contributed by atoms with E-state index in [1.165, 1.54) is 4.57 Å². The molecule has 0 bridgehead atoms. The molecule has 4 aromatic rings. The molecule has 2 aromatic carbocycles. The van der Waals surface area contributed by atoms with E-state index < -0.39 is 0 Å². The van der Waals surface area contributed by atoms with E-state index in [1.807, 2.05) is 19.1 Å². The van der Waals surface area contributed by atoms with Crippen molar-refractivity contribution in [3.8, 4) is 5.82 Å². The largest absolute Gasteiger partial charge is 0.324 e. The zero-order chi connectivity index (χ0) is 22.0. The Kier molecular flexibility index (Phi) is 6.27. The third-order valence-corrected chi connectivity index (χ3v) is 5.91. The second kappa shape index (κ2) is 9.09. The molecule has 1 amide bonds. The number of para-hydroxylation sites is 1. The molecule has 0 radical (unpaired) electrons. The number of nitrogens with one attached hydrogen (secondary N) is 1. The quantitative estimate of drug-likeness (QED) is 0.323. The van der Waals surface area contributed by atoms with Gasteiger partial charge >= 0.3 is 0 Å². The van der Waals surface area contributed by atoms with Crippen molar-refractivity contribution in [2.45, 2.75) is 12.1 Å². The highest BCUT2D eigenvalue weighted by molar-refractivity contribution is 7.99. The minimum absolute atomic E-state index is 0.0133. The summed E-state index contributed by atoms with van der Waals surface area (Å²) in [7, 11) is 0. The maximum absolute atomic E-state index is 13.2. The van der Waals surface area contributed by atoms with E-state index in [0.29, 0.717) is 37.6 Å². The Hall–Kier alpha value is -2.87. The van der Waals surface area contributed by atoms with Crippen molar-refractivity contribution >= 4 is 57.5 Å². The van der Waals surface area contributed by atoms with Crippen LogP contribution in [0.25, 0.3) is 16.7 Å². The van der Waals surface area contributed by atoms with Gasteiger partial charge in [-0.05, 0) is 55.0 Å². The molecule has 1 N–H and O–H groups in total. The summed E-state index contributed by atoms with van der Waals surface area (Å²) < 4.78 is 1.43. The number of carbonyl (C=O) groups excluding carboxylic acids is 1. The second-order valence-electron chi connectivity index (χ2n) is 6.70. The number of hydrogen-bond donors (Lipinski definition) is 1. The number of anilines is 1. The molecule has 31 heavy (non-hydrogen) atoms. The Labute approximate surface area is 192 Å². The molecule has 0 fully saturated rings. The summed E-state index contributed by atoms with van der Waals surface area (Å²) in [4.78, 5) is 34.7. The van der Waals surface area contributed by atoms with Gasteiger partial charge in [0.25, 0.3) is 5.56 Å². The third-order valence-electron chi connectivity index (χ3n) is 4.41. The summed E-state index contributed by atoms with van der Waals surface area (Å²) in [5, 5.41) is 4.42. The van der Waals surface area contributed by atoms with Crippen molar-refractivity contribution in [1.82, 2.24) is 14.5 Å². The summed E-state index contributed by atoms with van der Waals surface area (Å²) in [6, 6.07) is 15.6. The number of benzene rings is 2. The first-order chi connectivity index (χ1) is 14.9.